The Kier molecular flexibility index (Phi) is 6.34. The van der Waals surface area contributed by atoms with Crippen molar-refractivity contribution >= 4 is 27.0 Å². The van der Waals surface area contributed by atoms with E-state index in [4.69, 9.17) is 9.72 Å². The molecule has 40 heavy (non-hydrogen) atoms. The first-order valence-electron chi connectivity index (χ1n) is 13.3. The Morgan fingerprint density at radius 3 is 2.70 bits per heavy atom. The number of aromatic nitrogens is 5. The van der Waals surface area contributed by atoms with Crippen LogP contribution < -0.4 is 4.74 Å². The van der Waals surface area contributed by atoms with Crippen molar-refractivity contribution in [3.8, 4) is 5.88 Å². The lowest BCUT2D eigenvalue weighted by Gasteiger charge is -2.24. The van der Waals surface area contributed by atoms with Gasteiger partial charge in [-0.3, -0.25) is 9.78 Å². The minimum atomic E-state index is -3.91. The van der Waals surface area contributed by atoms with Crippen LogP contribution in [0.3, 0.4) is 0 Å². The van der Waals surface area contributed by atoms with Gasteiger partial charge in [-0.1, -0.05) is 17.3 Å². The maximum atomic E-state index is 13.7. The predicted molar refractivity (Wildman–Crippen MR) is 145 cm³/mol. The summed E-state index contributed by atoms with van der Waals surface area (Å²) in [5.41, 5.74) is 4.59. The van der Waals surface area contributed by atoms with Crippen LogP contribution in [-0.2, 0) is 27.9 Å². The molecule has 0 radical (unpaired) electrons. The van der Waals surface area contributed by atoms with Crippen LogP contribution in [0.1, 0.15) is 60.2 Å². The highest BCUT2D eigenvalue weighted by atomic mass is 32.2. The number of nitrogens with zero attached hydrogens (tertiary/aromatic N) is 6. The summed E-state index contributed by atoms with van der Waals surface area (Å²) in [5.74, 6) is -1.39. The van der Waals surface area contributed by atoms with Crippen LogP contribution in [0.25, 0.3) is 11.0 Å². The normalized spacial score (nSPS) is 18.2. The molecule has 1 fully saturated rings. The van der Waals surface area contributed by atoms with Gasteiger partial charge >= 0.3 is 5.97 Å². The molecule has 11 nitrogen and oxygen atoms in total. The van der Waals surface area contributed by atoms with Crippen LogP contribution in [0.4, 0.5) is 0 Å². The minimum absolute atomic E-state index is 0.0318. The van der Waals surface area contributed by atoms with Crippen molar-refractivity contribution in [2.24, 2.45) is 0 Å². The van der Waals surface area contributed by atoms with Crippen LogP contribution in [0.15, 0.2) is 47.5 Å². The third-order valence-electron chi connectivity index (χ3n) is 7.88. The molecule has 1 aliphatic carbocycles. The van der Waals surface area contributed by atoms with Crippen molar-refractivity contribution in [2.75, 3.05) is 6.54 Å². The number of pyridine rings is 2. The fraction of sp³-hybridized carbons (Fsp3) is 0.393. The van der Waals surface area contributed by atoms with Gasteiger partial charge in [0.15, 0.2) is 0 Å². The van der Waals surface area contributed by atoms with Gasteiger partial charge in [0.2, 0.25) is 15.9 Å². The first-order valence-corrected chi connectivity index (χ1v) is 14.7. The van der Waals surface area contributed by atoms with Gasteiger partial charge < -0.3 is 9.84 Å². The zero-order valence-corrected chi connectivity index (χ0v) is 23.3. The van der Waals surface area contributed by atoms with E-state index in [2.05, 4.69) is 15.3 Å². The van der Waals surface area contributed by atoms with Gasteiger partial charge in [-0.05, 0) is 74.6 Å². The number of sulfonamides is 1. The van der Waals surface area contributed by atoms with E-state index in [1.165, 1.54) is 16.6 Å². The lowest BCUT2D eigenvalue weighted by molar-refractivity contribution is -0.137. The molecule has 1 unspecified atom stereocenters. The Hall–Kier alpha value is -3.90. The number of rotatable bonds is 7. The molecule has 1 aliphatic heterocycles. The molecule has 1 aromatic carbocycles. The molecule has 1 saturated carbocycles. The number of ether oxygens (including phenoxy) is 1. The molecule has 3 aromatic heterocycles. The van der Waals surface area contributed by atoms with Crippen molar-refractivity contribution in [1.29, 1.82) is 0 Å². The van der Waals surface area contributed by atoms with E-state index >= 15 is 0 Å². The maximum Gasteiger partial charge on any atom is 0.304 e. The van der Waals surface area contributed by atoms with E-state index in [0.29, 0.717) is 17.9 Å². The monoisotopic (exact) mass is 562 g/mol. The fourth-order valence-corrected chi connectivity index (χ4v) is 6.97. The minimum Gasteiger partial charge on any atom is -0.481 e. The molecule has 1 spiro atoms. The van der Waals surface area contributed by atoms with Crippen LogP contribution in [0, 0.1) is 13.8 Å². The highest BCUT2D eigenvalue weighted by Crippen LogP contribution is 2.46. The number of aryl methyl sites for hydroxylation is 3. The maximum absolute atomic E-state index is 13.7. The first kappa shape index (κ1) is 26.3. The van der Waals surface area contributed by atoms with Crippen molar-refractivity contribution in [3.63, 3.8) is 0 Å². The first-order chi connectivity index (χ1) is 19.1. The van der Waals surface area contributed by atoms with Gasteiger partial charge in [0.1, 0.15) is 16.0 Å². The van der Waals surface area contributed by atoms with Gasteiger partial charge in [0.25, 0.3) is 0 Å². The van der Waals surface area contributed by atoms with Gasteiger partial charge in [-0.25, -0.2) is 18.1 Å². The molecular formula is C28H30N6O5S. The number of hydrogen-bond acceptors (Lipinski definition) is 8. The van der Waals surface area contributed by atoms with E-state index in [1.807, 2.05) is 45.0 Å². The molecule has 1 N–H and O–H groups in total. The number of carboxylic acids is 1. The second kappa shape index (κ2) is 9.63. The molecule has 0 amide bonds. The van der Waals surface area contributed by atoms with Gasteiger partial charge in [-0.2, -0.15) is 4.31 Å². The molecule has 6 rings (SSSR count). The summed E-state index contributed by atoms with van der Waals surface area (Å²) in [6, 6.07) is 10.6. The highest BCUT2D eigenvalue weighted by Gasteiger charge is 2.52. The summed E-state index contributed by atoms with van der Waals surface area (Å²) in [4.78, 5) is 21.1. The molecule has 4 heterocycles. The third-order valence-corrected chi connectivity index (χ3v) is 9.69. The number of aliphatic carboxylic acids is 1. The van der Waals surface area contributed by atoms with E-state index in [1.54, 1.807) is 10.7 Å². The van der Waals surface area contributed by atoms with Crippen molar-refractivity contribution in [2.45, 2.75) is 69.5 Å². The van der Waals surface area contributed by atoms with Gasteiger partial charge in [-0.15, -0.1) is 5.10 Å². The molecule has 208 valence electrons. The average molecular weight is 563 g/mol. The Bertz CT molecular complexity index is 1750. The predicted octanol–water partition coefficient (Wildman–Crippen LogP) is 3.58. The van der Waals surface area contributed by atoms with Crippen molar-refractivity contribution in [3.05, 3.63) is 70.7 Å². The molecule has 0 saturated heterocycles. The summed E-state index contributed by atoms with van der Waals surface area (Å²) in [6.45, 7) is 6.67. The lowest BCUT2D eigenvalue weighted by atomic mass is 9.88. The van der Waals surface area contributed by atoms with E-state index < -0.39 is 27.5 Å². The topological polar surface area (TPSA) is 140 Å². The molecule has 0 bridgehead atoms. The van der Waals surface area contributed by atoms with Crippen molar-refractivity contribution < 1.29 is 23.1 Å². The Labute approximate surface area is 231 Å². The highest BCUT2D eigenvalue weighted by molar-refractivity contribution is 7.89. The number of carbonyl (C=O) groups is 1. The van der Waals surface area contributed by atoms with E-state index in [9.17, 15) is 18.3 Å². The van der Waals surface area contributed by atoms with Gasteiger partial charge in [0.05, 0.1) is 30.7 Å². The van der Waals surface area contributed by atoms with Crippen LogP contribution in [0.5, 0.6) is 5.88 Å². The van der Waals surface area contributed by atoms with Crippen LogP contribution in [-0.4, -0.2) is 60.9 Å². The second-order valence-corrected chi connectivity index (χ2v) is 12.5. The van der Waals surface area contributed by atoms with E-state index in [-0.39, 0.29) is 30.3 Å². The fourth-order valence-electron chi connectivity index (χ4n) is 5.42. The quantitative estimate of drug-likeness (QED) is 0.358. The SMILES string of the molecule is CCn1nnc2c(C)c(C(CC(=O)O)c3ccc(C)c(CN4CC5(CC5)Oc5ncccc5S4(=O)=O)n3)ccc21. The number of hydrogen-bond donors (Lipinski definition) is 1. The van der Waals surface area contributed by atoms with Crippen LogP contribution >= 0.6 is 0 Å². The molecule has 2 aliphatic rings. The number of carboxylic acid groups (broad SMARTS) is 1. The van der Waals surface area contributed by atoms with Crippen LogP contribution in [0.2, 0.25) is 0 Å². The number of fused-ring (bicyclic) bond motifs is 2. The molecule has 1 atom stereocenters. The lowest BCUT2D eigenvalue weighted by Crippen LogP contribution is -2.38. The zero-order chi connectivity index (χ0) is 28.2. The molecule has 12 heteroatoms. The average Bonchev–Trinajstić information content (AvgIpc) is 3.56. The number of benzene rings is 1. The molecular weight excluding hydrogens is 532 g/mol. The van der Waals surface area contributed by atoms with Crippen molar-refractivity contribution in [1.82, 2.24) is 29.3 Å². The standard InChI is InChI=1S/C28H30N6O5S/c1-4-34-23-10-8-19(18(3)26(23)31-32-34)20(14-25(35)36)21-9-7-17(2)22(30-21)15-33-16-28(11-12-28)39-27-24(40(33,37)38)6-5-13-29-27/h5-10,13,20H,4,11-12,14-16H2,1-3H3,(H,35,36). The zero-order valence-electron chi connectivity index (χ0n) is 22.5. The Morgan fingerprint density at radius 1 is 1.18 bits per heavy atom. The summed E-state index contributed by atoms with van der Waals surface area (Å²) < 4.78 is 36.7. The van der Waals surface area contributed by atoms with Gasteiger partial charge in [0, 0.05) is 24.4 Å². The van der Waals surface area contributed by atoms with E-state index in [0.717, 1.165) is 40.6 Å². The summed E-state index contributed by atoms with van der Waals surface area (Å²) >= 11 is 0. The Morgan fingerprint density at radius 2 is 1.98 bits per heavy atom. The summed E-state index contributed by atoms with van der Waals surface area (Å²) in [6.07, 6.45) is 2.83. The summed E-state index contributed by atoms with van der Waals surface area (Å²) in [5, 5.41) is 18.4. The third kappa shape index (κ3) is 4.50. The second-order valence-electron chi connectivity index (χ2n) is 10.6. The smallest absolute Gasteiger partial charge is 0.304 e. The Balaban J connectivity index is 1.40. The molecule has 4 aromatic rings. The largest absolute Gasteiger partial charge is 0.481 e. The summed E-state index contributed by atoms with van der Waals surface area (Å²) in [7, 11) is -3.91.